The zero-order valence-corrected chi connectivity index (χ0v) is 10.4. The number of piperidine rings is 1. The Hall–Kier alpha value is -1.10. The second-order valence-electron chi connectivity index (χ2n) is 5.13. The van der Waals surface area contributed by atoms with Crippen molar-refractivity contribution in [2.45, 2.75) is 25.7 Å². The first kappa shape index (κ1) is 12.4. The van der Waals surface area contributed by atoms with Gasteiger partial charge < -0.3 is 9.80 Å². The number of imide groups is 1. The van der Waals surface area contributed by atoms with E-state index in [1.165, 1.54) is 12.8 Å². The monoisotopic (exact) mass is 239 g/mol. The van der Waals surface area contributed by atoms with Gasteiger partial charge >= 0.3 is 6.03 Å². The summed E-state index contributed by atoms with van der Waals surface area (Å²) >= 11 is 0. The summed E-state index contributed by atoms with van der Waals surface area (Å²) in [5, 5.41) is 2.36. The Labute approximate surface area is 102 Å². The van der Waals surface area contributed by atoms with Gasteiger partial charge in [0.15, 0.2) is 0 Å². The van der Waals surface area contributed by atoms with Crippen LogP contribution in [0, 0.1) is 5.92 Å². The summed E-state index contributed by atoms with van der Waals surface area (Å²) in [6.07, 6.45) is 3.96. The summed E-state index contributed by atoms with van der Waals surface area (Å²) in [6.45, 7) is 3.69. The predicted molar refractivity (Wildman–Crippen MR) is 64.6 cm³/mol. The number of nitrogens with one attached hydrogen (secondary N) is 1. The van der Waals surface area contributed by atoms with Crippen LogP contribution in [0.25, 0.3) is 0 Å². The lowest BCUT2D eigenvalue weighted by Crippen LogP contribution is -2.50. The number of carbonyl (C=O) groups excluding carboxylic acids is 2. The van der Waals surface area contributed by atoms with Crippen LogP contribution in [0.1, 0.15) is 25.7 Å². The van der Waals surface area contributed by atoms with E-state index < -0.39 is 0 Å². The minimum absolute atomic E-state index is 0.148. The molecule has 0 aliphatic carbocycles. The van der Waals surface area contributed by atoms with E-state index in [4.69, 9.17) is 0 Å². The van der Waals surface area contributed by atoms with Crippen molar-refractivity contribution in [3.05, 3.63) is 0 Å². The number of rotatable bonds is 3. The van der Waals surface area contributed by atoms with Gasteiger partial charge in [-0.2, -0.15) is 0 Å². The molecule has 0 unspecified atom stereocenters. The lowest BCUT2D eigenvalue weighted by molar-refractivity contribution is -0.121. The van der Waals surface area contributed by atoms with Crippen molar-refractivity contribution >= 4 is 11.9 Å². The summed E-state index contributed by atoms with van der Waals surface area (Å²) in [7, 11) is 2.15. The molecule has 2 saturated heterocycles. The molecular formula is C12H21N3O2. The lowest BCUT2D eigenvalue weighted by atomic mass is 9.93. The molecule has 5 nitrogen and oxygen atoms in total. The number of amides is 3. The van der Waals surface area contributed by atoms with Gasteiger partial charge in [0, 0.05) is 19.5 Å². The number of urea groups is 1. The van der Waals surface area contributed by atoms with Crippen LogP contribution >= 0.6 is 0 Å². The molecule has 0 bridgehead atoms. The third-order valence-electron chi connectivity index (χ3n) is 3.79. The zero-order valence-electron chi connectivity index (χ0n) is 10.4. The fraction of sp³-hybridized carbons (Fsp3) is 0.833. The minimum atomic E-state index is -0.214. The van der Waals surface area contributed by atoms with Gasteiger partial charge in [-0.25, -0.2) is 4.79 Å². The Morgan fingerprint density at radius 3 is 2.59 bits per heavy atom. The van der Waals surface area contributed by atoms with Crippen LogP contribution in [0.5, 0.6) is 0 Å². The van der Waals surface area contributed by atoms with Crippen molar-refractivity contribution in [1.29, 1.82) is 0 Å². The second kappa shape index (κ2) is 5.49. The van der Waals surface area contributed by atoms with Gasteiger partial charge in [-0.05, 0) is 45.3 Å². The summed E-state index contributed by atoms with van der Waals surface area (Å²) in [6, 6.07) is -0.214. The first-order chi connectivity index (χ1) is 8.15. The van der Waals surface area contributed by atoms with E-state index in [1.807, 2.05) is 0 Å². The van der Waals surface area contributed by atoms with Gasteiger partial charge in [0.05, 0.1) is 0 Å². The Morgan fingerprint density at radius 1 is 1.24 bits per heavy atom. The van der Waals surface area contributed by atoms with Crippen molar-refractivity contribution in [2.24, 2.45) is 5.92 Å². The van der Waals surface area contributed by atoms with E-state index in [1.54, 1.807) is 4.90 Å². The maximum absolute atomic E-state index is 11.5. The smallest absolute Gasteiger partial charge is 0.324 e. The van der Waals surface area contributed by atoms with Crippen LogP contribution in [0.4, 0.5) is 4.79 Å². The second-order valence-corrected chi connectivity index (χ2v) is 5.13. The molecule has 17 heavy (non-hydrogen) atoms. The molecule has 0 aromatic heterocycles. The summed E-state index contributed by atoms with van der Waals surface area (Å²) < 4.78 is 0. The Morgan fingerprint density at radius 2 is 1.94 bits per heavy atom. The van der Waals surface area contributed by atoms with E-state index in [-0.39, 0.29) is 11.9 Å². The van der Waals surface area contributed by atoms with E-state index in [9.17, 15) is 9.59 Å². The molecule has 0 radical (unpaired) electrons. The first-order valence-corrected chi connectivity index (χ1v) is 6.42. The third kappa shape index (κ3) is 3.43. The highest BCUT2D eigenvalue weighted by Gasteiger charge is 2.24. The maximum Gasteiger partial charge on any atom is 0.324 e. The molecule has 1 N–H and O–H groups in total. The highest BCUT2D eigenvalue weighted by atomic mass is 16.2. The average Bonchev–Trinajstić information content (AvgIpc) is 2.30. The van der Waals surface area contributed by atoms with E-state index in [0.29, 0.717) is 13.0 Å². The zero-order chi connectivity index (χ0) is 12.3. The molecule has 2 aliphatic heterocycles. The molecular weight excluding hydrogens is 218 g/mol. The molecule has 2 fully saturated rings. The number of nitrogens with zero attached hydrogens (tertiary/aromatic N) is 2. The molecule has 96 valence electrons. The van der Waals surface area contributed by atoms with Crippen LogP contribution in [0.15, 0.2) is 0 Å². The molecule has 0 spiro atoms. The molecule has 5 heteroatoms. The molecule has 0 aromatic rings. The molecule has 3 amide bonds. The summed E-state index contributed by atoms with van der Waals surface area (Å²) in [5.41, 5.74) is 0. The van der Waals surface area contributed by atoms with Crippen LogP contribution < -0.4 is 5.32 Å². The molecule has 2 aliphatic rings. The SMILES string of the molecule is CN1CCC(CCN2CCC(=O)NC2=O)CC1. The largest absolute Gasteiger partial charge is 0.324 e. The molecule has 0 saturated carbocycles. The van der Waals surface area contributed by atoms with Crippen molar-refractivity contribution in [1.82, 2.24) is 15.1 Å². The van der Waals surface area contributed by atoms with Crippen molar-refractivity contribution in [3.8, 4) is 0 Å². The van der Waals surface area contributed by atoms with E-state index in [2.05, 4.69) is 17.3 Å². The van der Waals surface area contributed by atoms with E-state index >= 15 is 0 Å². The maximum atomic E-state index is 11.5. The topological polar surface area (TPSA) is 52.6 Å². The fourth-order valence-electron chi connectivity index (χ4n) is 2.50. The first-order valence-electron chi connectivity index (χ1n) is 6.42. The van der Waals surface area contributed by atoms with Gasteiger partial charge in [0.2, 0.25) is 5.91 Å². The van der Waals surface area contributed by atoms with Gasteiger partial charge in [-0.15, -0.1) is 0 Å². The molecule has 0 atom stereocenters. The number of hydrogen-bond acceptors (Lipinski definition) is 3. The Bertz CT molecular complexity index is 298. The standard InChI is InChI=1S/C12H21N3O2/c1-14-6-2-10(3-7-14)4-8-15-9-5-11(16)13-12(15)17/h10H,2-9H2,1H3,(H,13,16,17). The number of hydrogen-bond donors (Lipinski definition) is 1. The average molecular weight is 239 g/mol. The lowest BCUT2D eigenvalue weighted by Gasteiger charge is -2.32. The highest BCUT2D eigenvalue weighted by molar-refractivity contribution is 5.96. The van der Waals surface area contributed by atoms with Crippen molar-refractivity contribution in [3.63, 3.8) is 0 Å². The van der Waals surface area contributed by atoms with Gasteiger partial charge in [0.25, 0.3) is 0 Å². The third-order valence-corrected chi connectivity index (χ3v) is 3.79. The van der Waals surface area contributed by atoms with Gasteiger partial charge in [-0.3, -0.25) is 10.1 Å². The van der Waals surface area contributed by atoms with E-state index in [0.717, 1.165) is 32.0 Å². The Kier molecular flexibility index (Phi) is 3.99. The van der Waals surface area contributed by atoms with Gasteiger partial charge in [-0.1, -0.05) is 0 Å². The minimum Gasteiger partial charge on any atom is -0.324 e. The summed E-state index contributed by atoms with van der Waals surface area (Å²) in [4.78, 5) is 26.6. The van der Waals surface area contributed by atoms with Crippen molar-refractivity contribution in [2.75, 3.05) is 33.2 Å². The number of carbonyl (C=O) groups is 2. The van der Waals surface area contributed by atoms with Crippen LogP contribution in [-0.2, 0) is 4.79 Å². The predicted octanol–water partition coefficient (Wildman–Crippen LogP) is 0.660. The van der Waals surface area contributed by atoms with Crippen LogP contribution in [0.2, 0.25) is 0 Å². The van der Waals surface area contributed by atoms with Crippen molar-refractivity contribution < 1.29 is 9.59 Å². The molecule has 2 heterocycles. The normalized spacial score (nSPS) is 23.9. The van der Waals surface area contributed by atoms with Crippen LogP contribution in [-0.4, -0.2) is 55.0 Å². The molecule has 2 rings (SSSR count). The van der Waals surface area contributed by atoms with Crippen LogP contribution in [0.3, 0.4) is 0 Å². The summed E-state index contributed by atoms with van der Waals surface area (Å²) in [5.74, 6) is 0.585. The number of likely N-dealkylation sites (tertiary alicyclic amines) is 1. The fourth-order valence-corrected chi connectivity index (χ4v) is 2.50. The van der Waals surface area contributed by atoms with Gasteiger partial charge in [0.1, 0.15) is 0 Å². The molecule has 0 aromatic carbocycles. The highest BCUT2D eigenvalue weighted by Crippen LogP contribution is 2.20. The Balaban J connectivity index is 1.71. The quantitative estimate of drug-likeness (QED) is 0.787.